The molecule has 4 heteroatoms. The normalized spacial score (nSPS) is 22.1. The van der Waals surface area contributed by atoms with Gasteiger partial charge in [-0.3, -0.25) is 0 Å². The first kappa shape index (κ1) is 11.9. The molecule has 0 aromatic heterocycles. The quantitative estimate of drug-likeness (QED) is 0.928. The van der Waals surface area contributed by atoms with E-state index in [-0.39, 0.29) is 6.04 Å². The molecule has 88 valence electrons. The van der Waals surface area contributed by atoms with Crippen molar-refractivity contribution < 1.29 is 9.47 Å². The molecule has 1 saturated heterocycles. The average molecular weight is 286 g/mol. The smallest absolute Gasteiger partial charge is 0.124 e. The number of hydrogen-bond donors (Lipinski definition) is 1. The van der Waals surface area contributed by atoms with Crippen molar-refractivity contribution in [3.63, 3.8) is 0 Å². The van der Waals surface area contributed by atoms with Gasteiger partial charge in [0.15, 0.2) is 0 Å². The van der Waals surface area contributed by atoms with Crippen molar-refractivity contribution in [2.24, 2.45) is 11.7 Å². The largest absolute Gasteiger partial charge is 0.496 e. The molecule has 2 rings (SSSR count). The fourth-order valence-corrected chi connectivity index (χ4v) is 2.39. The van der Waals surface area contributed by atoms with E-state index in [0.29, 0.717) is 5.92 Å². The summed E-state index contributed by atoms with van der Waals surface area (Å²) in [5.74, 6) is 1.24. The minimum absolute atomic E-state index is 0.00875. The van der Waals surface area contributed by atoms with Crippen LogP contribution in [0.4, 0.5) is 0 Å². The lowest BCUT2D eigenvalue weighted by molar-refractivity contribution is 0.180. The molecule has 0 amide bonds. The van der Waals surface area contributed by atoms with Crippen molar-refractivity contribution in [1.82, 2.24) is 0 Å². The zero-order chi connectivity index (χ0) is 11.5. The van der Waals surface area contributed by atoms with Crippen LogP contribution in [0.3, 0.4) is 0 Å². The van der Waals surface area contributed by atoms with E-state index in [1.54, 1.807) is 7.11 Å². The zero-order valence-electron chi connectivity index (χ0n) is 9.28. The van der Waals surface area contributed by atoms with Crippen LogP contribution >= 0.6 is 15.9 Å². The summed E-state index contributed by atoms with van der Waals surface area (Å²) in [5.41, 5.74) is 7.31. The van der Waals surface area contributed by atoms with Gasteiger partial charge in [-0.25, -0.2) is 0 Å². The predicted octanol–water partition coefficient (Wildman–Crippen LogP) is 2.49. The van der Waals surface area contributed by atoms with Gasteiger partial charge in [0.2, 0.25) is 0 Å². The van der Waals surface area contributed by atoms with Gasteiger partial charge < -0.3 is 15.2 Å². The third-order valence-corrected chi connectivity index (χ3v) is 3.52. The highest BCUT2D eigenvalue weighted by atomic mass is 79.9. The van der Waals surface area contributed by atoms with Gasteiger partial charge in [-0.1, -0.05) is 22.0 Å². The summed E-state index contributed by atoms with van der Waals surface area (Å²) >= 11 is 3.42. The Morgan fingerprint density at radius 2 is 2.38 bits per heavy atom. The standard InChI is InChI=1S/C12H16BrNO2/c1-15-11-6-9(13)2-3-10(11)12(14)8-4-5-16-7-8/h2-3,6,8,12H,4-5,7,14H2,1H3. The molecule has 2 N–H and O–H groups in total. The number of halogens is 1. The van der Waals surface area contributed by atoms with E-state index >= 15 is 0 Å². The lowest BCUT2D eigenvalue weighted by Crippen LogP contribution is -2.22. The summed E-state index contributed by atoms with van der Waals surface area (Å²) in [7, 11) is 1.67. The number of hydrogen-bond acceptors (Lipinski definition) is 3. The van der Waals surface area contributed by atoms with Gasteiger partial charge in [-0.2, -0.15) is 0 Å². The number of methoxy groups -OCH3 is 1. The van der Waals surface area contributed by atoms with E-state index in [2.05, 4.69) is 15.9 Å². The molecule has 0 spiro atoms. The highest BCUT2D eigenvalue weighted by Crippen LogP contribution is 2.33. The maximum Gasteiger partial charge on any atom is 0.124 e. The van der Waals surface area contributed by atoms with Gasteiger partial charge in [0.1, 0.15) is 5.75 Å². The Kier molecular flexibility index (Phi) is 3.84. The molecular weight excluding hydrogens is 270 g/mol. The van der Waals surface area contributed by atoms with E-state index < -0.39 is 0 Å². The molecule has 1 aliphatic rings. The van der Waals surface area contributed by atoms with Crippen LogP contribution in [0.5, 0.6) is 5.75 Å². The Hall–Kier alpha value is -0.580. The average Bonchev–Trinajstić information content (AvgIpc) is 2.81. The van der Waals surface area contributed by atoms with E-state index in [0.717, 1.165) is 35.4 Å². The molecule has 1 heterocycles. The lowest BCUT2D eigenvalue weighted by Gasteiger charge is -2.20. The number of nitrogens with two attached hydrogens (primary N) is 1. The Morgan fingerprint density at radius 3 is 3.00 bits per heavy atom. The SMILES string of the molecule is COc1cc(Br)ccc1C(N)C1CCOC1. The molecule has 1 aromatic rings. The molecule has 0 radical (unpaired) electrons. The highest BCUT2D eigenvalue weighted by molar-refractivity contribution is 9.10. The van der Waals surface area contributed by atoms with E-state index in [1.807, 2.05) is 18.2 Å². The van der Waals surface area contributed by atoms with Gasteiger partial charge in [0.25, 0.3) is 0 Å². The van der Waals surface area contributed by atoms with Gasteiger partial charge >= 0.3 is 0 Å². The molecule has 2 unspecified atom stereocenters. The molecule has 16 heavy (non-hydrogen) atoms. The van der Waals surface area contributed by atoms with Crippen molar-refractivity contribution in [2.45, 2.75) is 12.5 Å². The van der Waals surface area contributed by atoms with Gasteiger partial charge in [0, 0.05) is 28.6 Å². The van der Waals surface area contributed by atoms with Gasteiger partial charge in [0.05, 0.1) is 13.7 Å². The molecule has 0 aliphatic carbocycles. The predicted molar refractivity (Wildman–Crippen MR) is 66.5 cm³/mol. The van der Waals surface area contributed by atoms with Gasteiger partial charge in [-0.05, 0) is 18.6 Å². The third kappa shape index (κ3) is 2.39. The molecule has 1 fully saturated rings. The van der Waals surface area contributed by atoms with Crippen LogP contribution in [0, 0.1) is 5.92 Å². The second kappa shape index (κ2) is 5.17. The van der Waals surface area contributed by atoms with Crippen molar-refractivity contribution in [2.75, 3.05) is 20.3 Å². The van der Waals surface area contributed by atoms with Crippen molar-refractivity contribution in [3.8, 4) is 5.75 Å². The van der Waals surface area contributed by atoms with Crippen molar-refractivity contribution >= 4 is 15.9 Å². The van der Waals surface area contributed by atoms with Crippen LogP contribution in [0.2, 0.25) is 0 Å². The minimum Gasteiger partial charge on any atom is -0.496 e. The van der Waals surface area contributed by atoms with Crippen LogP contribution in [0.1, 0.15) is 18.0 Å². The van der Waals surface area contributed by atoms with Crippen LogP contribution in [-0.4, -0.2) is 20.3 Å². The fourth-order valence-electron chi connectivity index (χ4n) is 2.05. The maximum absolute atomic E-state index is 6.25. The molecule has 1 aromatic carbocycles. The van der Waals surface area contributed by atoms with Crippen LogP contribution in [0.15, 0.2) is 22.7 Å². The topological polar surface area (TPSA) is 44.5 Å². The first-order valence-electron chi connectivity index (χ1n) is 5.39. The Bertz CT molecular complexity index is 364. The minimum atomic E-state index is -0.00875. The van der Waals surface area contributed by atoms with E-state index in [1.165, 1.54) is 0 Å². The summed E-state index contributed by atoms with van der Waals surface area (Å²) in [6.07, 6.45) is 1.03. The zero-order valence-corrected chi connectivity index (χ0v) is 10.9. The fraction of sp³-hybridized carbons (Fsp3) is 0.500. The first-order chi connectivity index (χ1) is 7.72. The maximum atomic E-state index is 6.25. The summed E-state index contributed by atoms with van der Waals surface area (Å²) in [6, 6.07) is 5.95. The first-order valence-corrected chi connectivity index (χ1v) is 6.18. The Morgan fingerprint density at radius 1 is 1.56 bits per heavy atom. The number of ether oxygens (including phenoxy) is 2. The van der Waals surface area contributed by atoms with Crippen molar-refractivity contribution in [1.29, 1.82) is 0 Å². The number of benzene rings is 1. The van der Waals surface area contributed by atoms with Gasteiger partial charge in [-0.15, -0.1) is 0 Å². The molecule has 0 saturated carbocycles. The number of rotatable bonds is 3. The summed E-state index contributed by atoms with van der Waals surface area (Å²) in [5, 5.41) is 0. The van der Waals surface area contributed by atoms with Crippen molar-refractivity contribution in [3.05, 3.63) is 28.2 Å². The molecule has 1 aliphatic heterocycles. The Labute approximate surface area is 104 Å². The summed E-state index contributed by atoms with van der Waals surface area (Å²) < 4.78 is 11.7. The molecule has 0 bridgehead atoms. The van der Waals surface area contributed by atoms with E-state index in [9.17, 15) is 0 Å². The second-order valence-corrected chi connectivity index (χ2v) is 4.95. The monoisotopic (exact) mass is 285 g/mol. The lowest BCUT2D eigenvalue weighted by atomic mass is 9.92. The van der Waals surface area contributed by atoms with Crippen LogP contribution < -0.4 is 10.5 Å². The summed E-state index contributed by atoms with van der Waals surface area (Å²) in [4.78, 5) is 0. The third-order valence-electron chi connectivity index (χ3n) is 3.03. The van der Waals surface area contributed by atoms with E-state index in [4.69, 9.17) is 15.2 Å². The van der Waals surface area contributed by atoms with Crippen LogP contribution in [-0.2, 0) is 4.74 Å². The van der Waals surface area contributed by atoms with Crippen LogP contribution in [0.25, 0.3) is 0 Å². The molecular formula is C12H16BrNO2. The molecule has 3 nitrogen and oxygen atoms in total. The second-order valence-electron chi connectivity index (χ2n) is 4.04. The molecule has 2 atom stereocenters. The summed E-state index contributed by atoms with van der Waals surface area (Å²) in [6.45, 7) is 1.57. The highest BCUT2D eigenvalue weighted by Gasteiger charge is 2.26. The Balaban J connectivity index is 2.24.